The van der Waals surface area contributed by atoms with E-state index in [2.05, 4.69) is 60.0 Å². The summed E-state index contributed by atoms with van der Waals surface area (Å²) in [5.41, 5.74) is 4.34. The van der Waals surface area contributed by atoms with Crippen molar-refractivity contribution in [3.63, 3.8) is 0 Å². The smallest absolute Gasteiger partial charge is 0.122 e. The molecule has 24 heavy (non-hydrogen) atoms. The van der Waals surface area contributed by atoms with E-state index in [9.17, 15) is 0 Å². The van der Waals surface area contributed by atoms with Gasteiger partial charge in [0.2, 0.25) is 0 Å². The van der Waals surface area contributed by atoms with Gasteiger partial charge in [-0.15, -0.1) is 12.6 Å². The largest absolute Gasteiger partial charge is 0.496 e. The van der Waals surface area contributed by atoms with Crippen molar-refractivity contribution >= 4 is 12.6 Å². The van der Waals surface area contributed by atoms with Gasteiger partial charge in [-0.05, 0) is 54.0 Å². The van der Waals surface area contributed by atoms with E-state index in [0.717, 1.165) is 35.9 Å². The Kier molecular flexibility index (Phi) is 4.55. The van der Waals surface area contributed by atoms with Crippen LogP contribution in [0.2, 0.25) is 0 Å². The van der Waals surface area contributed by atoms with Gasteiger partial charge in [0.25, 0.3) is 0 Å². The zero-order valence-electron chi connectivity index (χ0n) is 14.2. The fraction of sp³-hybridized carbons (Fsp3) is 0.429. The minimum absolute atomic E-state index is 0.676. The Morgan fingerprint density at radius 2 is 2.00 bits per heavy atom. The Balaban J connectivity index is 1.47. The van der Waals surface area contributed by atoms with E-state index in [1.807, 2.05) is 0 Å². The van der Waals surface area contributed by atoms with Gasteiger partial charge < -0.3 is 9.64 Å². The molecule has 2 aromatic rings. The molecule has 0 saturated carbocycles. The molecule has 2 aromatic carbocycles. The number of thiol groups is 1. The summed E-state index contributed by atoms with van der Waals surface area (Å²) in [4.78, 5) is 3.76. The number of ether oxygens (including phenoxy) is 1. The summed E-state index contributed by atoms with van der Waals surface area (Å²) in [6, 6.07) is 15.0. The molecule has 0 bridgehead atoms. The summed E-state index contributed by atoms with van der Waals surface area (Å²) in [7, 11) is 1.79. The molecule has 0 unspecified atom stereocenters. The van der Waals surface area contributed by atoms with E-state index < -0.39 is 0 Å². The monoisotopic (exact) mass is 339 g/mol. The molecule has 1 aliphatic heterocycles. The molecule has 1 fully saturated rings. The molecule has 0 amide bonds. The first-order valence-electron chi connectivity index (χ1n) is 8.91. The number of methoxy groups -OCH3 is 1. The number of rotatable bonds is 4. The number of likely N-dealkylation sites (tertiary alicyclic amines) is 1. The van der Waals surface area contributed by atoms with Crippen LogP contribution < -0.4 is 4.74 Å². The Hall–Kier alpha value is -1.45. The van der Waals surface area contributed by atoms with Gasteiger partial charge in [-0.3, -0.25) is 0 Å². The first kappa shape index (κ1) is 16.0. The molecule has 0 aromatic heterocycles. The molecule has 2 atom stereocenters. The normalized spacial score (nSPS) is 22.9. The van der Waals surface area contributed by atoms with E-state index in [0.29, 0.717) is 5.92 Å². The maximum atomic E-state index is 5.58. The number of benzene rings is 2. The third kappa shape index (κ3) is 2.96. The van der Waals surface area contributed by atoms with Gasteiger partial charge in [0, 0.05) is 30.4 Å². The van der Waals surface area contributed by atoms with Crippen LogP contribution in [-0.4, -0.2) is 31.6 Å². The lowest BCUT2D eigenvalue weighted by atomic mass is 9.77. The molecule has 1 saturated heterocycles. The zero-order valence-corrected chi connectivity index (χ0v) is 15.1. The minimum Gasteiger partial charge on any atom is -0.496 e. The van der Waals surface area contributed by atoms with Crippen molar-refractivity contribution in [2.24, 2.45) is 5.92 Å². The van der Waals surface area contributed by atoms with Crippen molar-refractivity contribution in [1.29, 1.82) is 0 Å². The van der Waals surface area contributed by atoms with Crippen molar-refractivity contribution in [2.45, 2.75) is 30.1 Å². The topological polar surface area (TPSA) is 12.5 Å². The van der Waals surface area contributed by atoms with E-state index in [1.165, 1.54) is 36.2 Å². The Morgan fingerprint density at radius 1 is 1.12 bits per heavy atom. The highest BCUT2D eigenvalue weighted by molar-refractivity contribution is 7.80. The highest BCUT2D eigenvalue weighted by Crippen LogP contribution is 2.44. The van der Waals surface area contributed by atoms with Crippen LogP contribution in [0.15, 0.2) is 47.4 Å². The maximum absolute atomic E-state index is 5.58. The Labute approximate surface area is 150 Å². The Bertz CT molecular complexity index is 730. The second-order valence-electron chi connectivity index (χ2n) is 7.07. The van der Waals surface area contributed by atoms with Crippen molar-refractivity contribution in [2.75, 3.05) is 26.7 Å². The molecule has 0 N–H and O–H groups in total. The van der Waals surface area contributed by atoms with E-state index >= 15 is 0 Å². The van der Waals surface area contributed by atoms with Gasteiger partial charge >= 0.3 is 0 Å². The highest BCUT2D eigenvalue weighted by atomic mass is 32.1. The lowest BCUT2D eigenvalue weighted by Gasteiger charge is -2.28. The molecule has 2 aliphatic rings. The third-order valence-electron chi connectivity index (χ3n) is 5.76. The third-order valence-corrected chi connectivity index (χ3v) is 6.20. The zero-order chi connectivity index (χ0) is 16.5. The first-order valence-corrected chi connectivity index (χ1v) is 9.36. The van der Waals surface area contributed by atoms with E-state index in [1.54, 1.807) is 7.11 Å². The summed E-state index contributed by atoms with van der Waals surface area (Å²) in [5, 5.41) is 0. The lowest BCUT2D eigenvalue weighted by molar-refractivity contribution is 0.324. The van der Waals surface area contributed by atoms with Crippen LogP contribution in [0.25, 0.3) is 0 Å². The van der Waals surface area contributed by atoms with Crippen LogP contribution in [0.3, 0.4) is 0 Å². The van der Waals surface area contributed by atoms with Crippen LogP contribution in [0.1, 0.15) is 29.0 Å². The average molecular weight is 340 g/mol. The molecule has 126 valence electrons. The maximum Gasteiger partial charge on any atom is 0.122 e. The van der Waals surface area contributed by atoms with Gasteiger partial charge in [0.15, 0.2) is 0 Å². The van der Waals surface area contributed by atoms with E-state index in [4.69, 9.17) is 4.74 Å². The van der Waals surface area contributed by atoms with Crippen LogP contribution >= 0.6 is 12.6 Å². The summed E-state index contributed by atoms with van der Waals surface area (Å²) in [6.45, 7) is 3.54. The highest BCUT2D eigenvalue weighted by Gasteiger charge is 2.37. The molecular formula is C21H25NOS. The minimum atomic E-state index is 0.676. The fourth-order valence-electron chi connectivity index (χ4n) is 4.51. The van der Waals surface area contributed by atoms with Crippen molar-refractivity contribution in [3.8, 4) is 5.75 Å². The SMILES string of the molecule is COc1cccc2c1CC[C@H]1CN(CCc3ccccc3S)C[C@@H]21. The van der Waals surface area contributed by atoms with Crippen molar-refractivity contribution < 1.29 is 4.74 Å². The van der Waals surface area contributed by atoms with Gasteiger partial charge in [-0.25, -0.2) is 0 Å². The van der Waals surface area contributed by atoms with Gasteiger partial charge in [0.05, 0.1) is 7.11 Å². The molecule has 3 heteroatoms. The fourth-order valence-corrected chi connectivity index (χ4v) is 4.78. The molecule has 1 aliphatic carbocycles. The summed E-state index contributed by atoms with van der Waals surface area (Å²) < 4.78 is 5.58. The standard InChI is InChI=1S/C21H25NOS/c1-23-20-7-4-6-17-18(20)10-9-16-13-22(14-19(16)17)12-11-15-5-2-3-8-21(15)24/h2-8,16,19,24H,9-14H2,1H3/t16-,19+/m0/s1. The van der Waals surface area contributed by atoms with Gasteiger partial charge in [0.1, 0.15) is 5.75 Å². The predicted molar refractivity (Wildman–Crippen MR) is 101 cm³/mol. The summed E-state index contributed by atoms with van der Waals surface area (Å²) in [6.07, 6.45) is 3.54. The lowest BCUT2D eigenvalue weighted by Crippen LogP contribution is -2.23. The number of hydrogen-bond donors (Lipinski definition) is 1. The molecular weight excluding hydrogens is 314 g/mol. The first-order chi connectivity index (χ1) is 11.8. The van der Waals surface area contributed by atoms with Crippen LogP contribution in [0.4, 0.5) is 0 Å². The number of nitrogens with zero attached hydrogens (tertiary/aromatic N) is 1. The molecule has 1 heterocycles. The average Bonchev–Trinajstić information content (AvgIpc) is 3.04. The second-order valence-corrected chi connectivity index (χ2v) is 7.55. The van der Waals surface area contributed by atoms with E-state index in [-0.39, 0.29) is 0 Å². The van der Waals surface area contributed by atoms with Crippen molar-refractivity contribution in [3.05, 3.63) is 59.2 Å². The summed E-state index contributed by atoms with van der Waals surface area (Å²) >= 11 is 4.58. The van der Waals surface area contributed by atoms with Crippen LogP contribution in [-0.2, 0) is 12.8 Å². The van der Waals surface area contributed by atoms with Crippen LogP contribution in [0.5, 0.6) is 5.75 Å². The Morgan fingerprint density at radius 3 is 2.83 bits per heavy atom. The molecule has 0 radical (unpaired) electrons. The number of hydrogen-bond acceptors (Lipinski definition) is 3. The molecule has 2 nitrogen and oxygen atoms in total. The molecule has 4 rings (SSSR count). The summed E-state index contributed by atoms with van der Waals surface area (Å²) in [5.74, 6) is 2.55. The number of fused-ring (bicyclic) bond motifs is 3. The van der Waals surface area contributed by atoms with Gasteiger partial charge in [-0.2, -0.15) is 0 Å². The molecule has 0 spiro atoms. The van der Waals surface area contributed by atoms with Crippen LogP contribution in [0, 0.1) is 5.92 Å². The van der Waals surface area contributed by atoms with Gasteiger partial charge in [-0.1, -0.05) is 30.3 Å². The second kappa shape index (κ2) is 6.81. The van der Waals surface area contributed by atoms with Crippen molar-refractivity contribution in [1.82, 2.24) is 4.90 Å². The predicted octanol–water partition coefficient (Wildman–Crippen LogP) is 4.19. The quantitative estimate of drug-likeness (QED) is 0.839.